The van der Waals surface area contributed by atoms with Crippen LogP contribution in [0.5, 0.6) is 5.75 Å². The van der Waals surface area contributed by atoms with Crippen LogP contribution >= 0.6 is 23.2 Å². The molecule has 1 aliphatic carbocycles. The third kappa shape index (κ3) is 7.33. The molecule has 0 heterocycles. The van der Waals surface area contributed by atoms with Crippen LogP contribution < -0.4 is 14.4 Å². The van der Waals surface area contributed by atoms with E-state index in [0.29, 0.717) is 27.0 Å². The molecule has 1 fully saturated rings. The summed E-state index contributed by atoms with van der Waals surface area (Å²) in [5.41, 5.74) is 0.768. The van der Waals surface area contributed by atoms with Gasteiger partial charge in [0.05, 0.1) is 17.7 Å². The number of nitrogens with zero attached hydrogens (tertiary/aromatic N) is 2. The zero-order chi connectivity index (χ0) is 29.6. The van der Waals surface area contributed by atoms with Gasteiger partial charge in [-0.25, -0.2) is 8.42 Å². The highest BCUT2D eigenvalue weighted by atomic mass is 35.5. The summed E-state index contributed by atoms with van der Waals surface area (Å²) in [5.74, 6) is -0.412. The third-order valence-corrected chi connectivity index (χ3v) is 9.73. The van der Waals surface area contributed by atoms with Gasteiger partial charge >= 0.3 is 0 Å². The van der Waals surface area contributed by atoms with Gasteiger partial charge in [-0.3, -0.25) is 13.9 Å². The Morgan fingerprint density at radius 1 is 0.951 bits per heavy atom. The number of carbonyl (C=O) groups excluding carboxylic acids is 2. The lowest BCUT2D eigenvalue weighted by Gasteiger charge is -2.33. The minimum Gasteiger partial charge on any atom is -0.497 e. The van der Waals surface area contributed by atoms with Crippen molar-refractivity contribution < 1.29 is 22.7 Å². The van der Waals surface area contributed by atoms with E-state index in [9.17, 15) is 18.0 Å². The van der Waals surface area contributed by atoms with Crippen LogP contribution in [0.1, 0.15) is 38.2 Å². The van der Waals surface area contributed by atoms with Crippen molar-refractivity contribution in [1.82, 2.24) is 10.2 Å². The summed E-state index contributed by atoms with van der Waals surface area (Å²) >= 11 is 12.9. The fourth-order valence-corrected chi connectivity index (χ4v) is 6.76. The number of sulfonamides is 1. The van der Waals surface area contributed by atoms with E-state index in [4.69, 9.17) is 27.9 Å². The van der Waals surface area contributed by atoms with Gasteiger partial charge in [0, 0.05) is 28.2 Å². The molecule has 218 valence electrons. The first-order chi connectivity index (χ1) is 19.6. The molecule has 1 N–H and O–H groups in total. The van der Waals surface area contributed by atoms with E-state index in [1.54, 1.807) is 67.6 Å². The van der Waals surface area contributed by atoms with E-state index in [1.807, 2.05) is 0 Å². The van der Waals surface area contributed by atoms with Gasteiger partial charge in [-0.15, -0.1) is 0 Å². The standard InChI is InChI=1S/C30H33Cl2N3O5S/c1-21(30(37)33-22-9-6-7-10-22)34(19-26-27(31)13-8-14-28(26)32)29(36)20-35(23-11-4-3-5-12-23)41(38,39)25-17-15-24(40-2)16-18-25/h3-5,8,11-18,21-22H,6-7,9-10,19-20H2,1-2H3,(H,33,37). The number of rotatable bonds is 11. The average Bonchev–Trinajstić information content (AvgIpc) is 3.48. The summed E-state index contributed by atoms with van der Waals surface area (Å²) in [5, 5.41) is 3.71. The quantitative estimate of drug-likeness (QED) is 0.299. The fraction of sp³-hybridized carbons (Fsp3) is 0.333. The van der Waals surface area contributed by atoms with Gasteiger partial charge in [0.25, 0.3) is 10.0 Å². The first-order valence-electron chi connectivity index (χ1n) is 13.4. The third-order valence-electron chi connectivity index (χ3n) is 7.23. The maximum Gasteiger partial charge on any atom is 0.264 e. The van der Waals surface area contributed by atoms with Crippen LogP contribution in [-0.4, -0.2) is 50.9 Å². The Labute approximate surface area is 251 Å². The van der Waals surface area contributed by atoms with Crippen LogP contribution in [0.15, 0.2) is 77.7 Å². The molecule has 0 aromatic heterocycles. The monoisotopic (exact) mass is 617 g/mol. The molecule has 0 spiro atoms. The van der Waals surface area contributed by atoms with Gasteiger partial charge in [0.1, 0.15) is 18.3 Å². The second-order valence-electron chi connectivity index (χ2n) is 9.91. The number of benzene rings is 3. The van der Waals surface area contributed by atoms with Crippen molar-refractivity contribution in [3.05, 3.63) is 88.4 Å². The van der Waals surface area contributed by atoms with Crippen molar-refractivity contribution in [2.45, 2.75) is 56.1 Å². The molecular formula is C30H33Cl2N3O5S. The highest BCUT2D eigenvalue weighted by Crippen LogP contribution is 2.29. The minimum atomic E-state index is -4.18. The zero-order valence-corrected chi connectivity index (χ0v) is 25.3. The summed E-state index contributed by atoms with van der Waals surface area (Å²) in [7, 11) is -2.70. The van der Waals surface area contributed by atoms with Gasteiger partial charge < -0.3 is 15.0 Å². The number of halogens is 2. The van der Waals surface area contributed by atoms with E-state index in [2.05, 4.69) is 5.32 Å². The minimum absolute atomic E-state index is 0.0114. The molecule has 1 aliphatic rings. The molecular weight excluding hydrogens is 585 g/mol. The molecule has 1 saturated carbocycles. The summed E-state index contributed by atoms with van der Waals surface area (Å²) in [4.78, 5) is 28.7. The van der Waals surface area contributed by atoms with Crippen molar-refractivity contribution in [1.29, 1.82) is 0 Å². The van der Waals surface area contributed by atoms with Gasteiger partial charge in [-0.1, -0.05) is 60.3 Å². The van der Waals surface area contributed by atoms with Crippen molar-refractivity contribution >= 4 is 50.7 Å². The number of para-hydroxylation sites is 1. The van der Waals surface area contributed by atoms with Crippen LogP contribution in [0.3, 0.4) is 0 Å². The number of hydrogen-bond acceptors (Lipinski definition) is 5. The van der Waals surface area contributed by atoms with E-state index in [-0.39, 0.29) is 23.4 Å². The van der Waals surface area contributed by atoms with Crippen LogP contribution in [0.4, 0.5) is 5.69 Å². The first kappa shape index (κ1) is 30.7. The zero-order valence-electron chi connectivity index (χ0n) is 22.9. The molecule has 11 heteroatoms. The second-order valence-corrected chi connectivity index (χ2v) is 12.6. The number of methoxy groups -OCH3 is 1. The maximum absolute atomic E-state index is 14.0. The molecule has 0 aliphatic heterocycles. The Kier molecular flexibility index (Phi) is 10.2. The average molecular weight is 619 g/mol. The summed E-state index contributed by atoms with van der Waals surface area (Å²) < 4.78 is 34.0. The van der Waals surface area contributed by atoms with E-state index in [1.165, 1.54) is 24.1 Å². The van der Waals surface area contributed by atoms with Crippen LogP contribution in [0.2, 0.25) is 10.0 Å². The number of amides is 2. The van der Waals surface area contributed by atoms with Gasteiger partial charge in [0.15, 0.2) is 0 Å². The number of hydrogen-bond donors (Lipinski definition) is 1. The summed E-state index contributed by atoms with van der Waals surface area (Å²) in [6.45, 7) is 0.987. The van der Waals surface area contributed by atoms with E-state index in [0.717, 1.165) is 30.0 Å². The van der Waals surface area contributed by atoms with Crippen LogP contribution in [0, 0.1) is 0 Å². The smallest absolute Gasteiger partial charge is 0.264 e. The lowest BCUT2D eigenvalue weighted by atomic mass is 10.1. The summed E-state index contributed by atoms with van der Waals surface area (Å²) in [6, 6.07) is 18.4. The molecule has 0 saturated heterocycles. The Morgan fingerprint density at radius 2 is 1.56 bits per heavy atom. The molecule has 0 bridgehead atoms. The molecule has 2 amide bonds. The Balaban J connectivity index is 1.69. The highest BCUT2D eigenvalue weighted by molar-refractivity contribution is 7.92. The molecule has 4 rings (SSSR count). The fourth-order valence-electron chi connectivity index (χ4n) is 4.83. The Morgan fingerprint density at radius 3 is 2.15 bits per heavy atom. The number of carbonyl (C=O) groups is 2. The largest absolute Gasteiger partial charge is 0.497 e. The second kappa shape index (κ2) is 13.6. The lowest BCUT2D eigenvalue weighted by molar-refractivity contribution is -0.139. The molecule has 41 heavy (non-hydrogen) atoms. The highest BCUT2D eigenvalue weighted by Gasteiger charge is 2.34. The molecule has 8 nitrogen and oxygen atoms in total. The van der Waals surface area contributed by atoms with Gasteiger partial charge in [-0.2, -0.15) is 0 Å². The van der Waals surface area contributed by atoms with Gasteiger partial charge in [0.2, 0.25) is 11.8 Å². The maximum atomic E-state index is 14.0. The van der Waals surface area contributed by atoms with Crippen molar-refractivity contribution in [3.8, 4) is 5.75 Å². The molecule has 0 radical (unpaired) electrons. The van der Waals surface area contributed by atoms with Crippen molar-refractivity contribution in [2.75, 3.05) is 18.0 Å². The topological polar surface area (TPSA) is 96.0 Å². The number of nitrogens with one attached hydrogen (secondary N) is 1. The number of ether oxygens (including phenoxy) is 1. The lowest BCUT2D eigenvalue weighted by Crippen LogP contribution is -2.52. The predicted octanol–water partition coefficient (Wildman–Crippen LogP) is 5.67. The summed E-state index contributed by atoms with van der Waals surface area (Å²) in [6.07, 6.45) is 3.83. The van der Waals surface area contributed by atoms with E-state index >= 15 is 0 Å². The molecule has 3 aromatic rings. The van der Waals surface area contributed by atoms with Crippen LogP contribution in [-0.2, 0) is 26.2 Å². The number of anilines is 1. The van der Waals surface area contributed by atoms with E-state index < -0.39 is 28.5 Å². The molecule has 1 unspecified atom stereocenters. The first-order valence-corrected chi connectivity index (χ1v) is 15.6. The SMILES string of the molecule is COc1ccc(S(=O)(=O)N(CC(=O)N(Cc2c(Cl)cccc2Cl)C(C)C(=O)NC2CCCC2)c2ccccc2)cc1. The Bertz CT molecular complexity index is 1440. The van der Waals surface area contributed by atoms with Crippen LogP contribution in [0.25, 0.3) is 0 Å². The Hall–Kier alpha value is -3.27. The predicted molar refractivity (Wildman–Crippen MR) is 161 cm³/mol. The normalized spacial score (nSPS) is 14.3. The molecule has 1 atom stereocenters. The van der Waals surface area contributed by atoms with Gasteiger partial charge in [-0.05, 0) is 68.3 Å². The van der Waals surface area contributed by atoms with Crippen molar-refractivity contribution in [3.63, 3.8) is 0 Å². The molecule has 3 aromatic carbocycles. The van der Waals surface area contributed by atoms with Crippen molar-refractivity contribution in [2.24, 2.45) is 0 Å².